The van der Waals surface area contributed by atoms with Crippen LogP contribution in [0.15, 0.2) is 11.6 Å². The molecule has 6 rings (SSSR count). The molecule has 13 atom stereocenters. The van der Waals surface area contributed by atoms with E-state index in [4.69, 9.17) is 9.47 Å². The van der Waals surface area contributed by atoms with Crippen LogP contribution in [0.25, 0.3) is 0 Å². The second kappa shape index (κ2) is 11.5. The summed E-state index contributed by atoms with van der Waals surface area (Å²) in [7, 11) is 0. The van der Waals surface area contributed by atoms with Crippen LogP contribution in [0.4, 0.5) is 0 Å². The number of hydrogen-bond donors (Lipinski definition) is 5. The monoisotopic (exact) mass is 659 g/mol. The third-order valence-corrected chi connectivity index (χ3v) is 15.6. The first-order chi connectivity index (χ1) is 21.8. The first-order valence-corrected chi connectivity index (χ1v) is 18.3. The van der Waals surface area contributed by atoms with Gasteiger partial charge in [0, 0.05) is 6.92 Å². The lowest BCUT2D eigenvalue weighted by molar-refractivity contribution is -0.306. The van der Waals surface area contributed by atoms with Gasteiger partial charge in [-0.2, -0.15) is 0 Å². The van der Waals surface area contributed by atoms with E-state index in [1.165, 1.54) is 12.5 Å². The number of rotatable bonds is 5. The zero-order chi connectivity index (χ0) is 34.5. The molecule has 0 bridgehead atoms. The number of nitrogens with one attached hydrogen (secondary N) is 1. The lowest BCUT2D eigenvalue weighted by atomic mass is 9.33. The fourth-order valence-electron chi connectivity index (χ4n) is 12.6. The molecular formula is C38H61NO8. The van der Waals surface area contributed by atoms with Gasteiger partial charge in [-0.15, -0.1) is 0 Å². The van der Waals surface area contributed by atoms with Crippen molar-refractivity contribution in [3.05, 3.63) is 11.6 Å². The summed E-state index contributed by atoms with van der Waals surface area (Å²) in [5.74, 6) is -0.0617. The van der Waals surface area contributed by atoms with Crippen LogP contribution in [-0.2, 0) is 19.1 Å². The third kappa shape index (κ3) is 5.10. The summed E-state index contributed by atoms with van der Waals surface area (Å²) in [4.78, 5) is 25.0. The van der Waals surface area contributed by atoms with Gasteiger partial charge in [-0.3, -0.25) is 9.59 Å². The summed E-state index contributed by atoms with van der Waals surface area (Å²) in [6.07, 6.45) is 6.79. The van der Waals surface area contributed by atoms with Gasteiger partial charge in [0.2, 0.25) is 5.91 Å². The van der Waals surface area contributed by atoms with Crippen molar-refractivity contribution in [3.8, 4) is 0 Å². The summed E-state index contributed by atoms with van der Waals surface area (Å²) < 4.78 is 12.7. The van der Waals surface area contributed by atoms with Gasteiger partial charge in [0.05, 0.1) is 18.1 Å². The Morgan fingerprint density at radius 3 is 2.26 bits per heavy atom. The van der Waals surface area contributed by atoms with Crippen molar-refractivity contribution in [3.63, 3.8) is 0 Å². The highest BCUT2D eigenvalue weighted by atomic mass is 16.7. The topological polar surface area (TPSA) is 146 Å². The number of hydrogen-bond acceptors (Lipinski definition) is 7. The maximum Gasteiger partial charge on any atom is 0.310 e. The van der Waals surface area contributed by atoms with Crippen LogP contribution in [0.3, 0.4) is 0 Å². The molecular weight excluding hydrogens is 598 g/mol. The minimum absolute atomic E-state index is 0.0440. The van der Waals surface area contributed by atoms with Crippen molar-refractivity contribution >= 4 is 11.9 Å². The lowest BCUT2D eigenvalue weighted by Crippen LogP contribution is -2.67. The number of carboxylic acids is 1. The van der Waals surface area contributed by atoms with Gasteiger partial charge in [-0.1, -0.05) is 60.1 Å². The van der Waals surface area contributed by atoms with E-state index >= 15 is 0 Å². The molecule has 266 valence electrons. The van der Waals surface area contributed by atoms with Crippen LogP contribution >= 0.6 is 0 Å². The predicted molar refractivity (Wildman–Crippen MR) is 177 cm³/mol. The van der Waals surface area contributed by atoms with E-state index < -0.39 is 48.6 Å². The molecule has 4 saturated carbocycles. The minimum Gasteiger partial charge on any atom is -0.481 e. The molecule has 8 unspecified atom stereocenters. The van der Waals surface area contributed by atoms with Crippen LogP contribution in [0.1, 0.15) is 120 Å². The molecule has 1 aliphatic heterocycles. The van der Waals surface area contributed by atoms with Gasteiger partial charge in [0.25, 0.3) is 0 Å². The first-order valence-electron chi connectivity index (χ1n) is 18.3. The Morgan fingerprint density at radius 2 is 1.62 bits per heavy atom. The molecule has 5 fully saturated rings. The first kappa shape index (κ1) is 35.3. The number of carbonyl (C=O) groups is 2. The molecule has 0 aromatic rings. The molecule has 9 nitrogen and oxygen atoms in total. The quantitative estimate of drug-likeness (QED) is 0.200. The van der Waals surface area contributed by atoms with Gasteiger partial charge >= 0.3 is 5.97 Å². The highest BCUT2D eigenvalue weighted by Crippen LogP contribution is 2.76. The van der Waals surface area contributed by atoms with E-state index in [0.29, 0.717) is 11.8 Å². The summed E-state index contributed by atoms with van der Waals surface area (Å²) in [5.41, 5.74) is 0.733. The van der Waals surface area contributed by atoms with Crippen molar-refractivity contribution in [2.24, 2.45) is 50.2 Å². The van der Waals surface area contributed by atoms with E-state index in [1.807, 2.05) is 0 Å². The number of carboxylic acid groups (broad SMARTS) is 1. The van der Waals surface area contributed by atoms with Crippen LogP contribution in [0.5, 0.6) is 0 Å². The van der Waals surface area contributed by atoms with Crippen LogP contribution in [-0.4, -0.2) is 75.7 Å². The molecule has 5 N–H and O–H groups in total. The number of fused-ring (bicyclic) bond motifs is 7. The highest BCUT2D eigenvalue weighted by Gasteiger charge is 2.69. The molecule has 1 heterocycles. The Hall–Kier alpha value is -1.52. The fraction of sp³-hybridized carbons (Fsp3) is 0.895. The standard InChI is InChI=1S/C38H61NO8/c1-21(41)39-28-30(43)29(42)24(20-40)46-31(28)47-27-12-13-35(6)25(34(27,4)5)11-14-37(8)26(35)10-9-22-23-19-33(2,3)15-17-38(23,32(44)45)18-16-36(22,37)7/h9,23-31,40,42-43H,10-20H2,1-8H3,(H,39,41)(H,44,45)/t23?,24?,25?,26?,27-,28?,29?,30?,31?,35-,36+,37+,38-/m0/s1. The van der Waals surface area contributed by atoms with Crippen LogP contribution in [0, 0.1) is 50.2 Å². The highest BCUT2D eigenvalue weighted by molar-refractivity contribution is 5.76. The van der Waals surface area contributed by atoms with E-state index in [2.05, 4.69) is 59.9 Å². The van der Waals surface area contributed by atoms with Crippen LogP contribution in [0.2, 0.25) is 0 Å². The average Bonchev–Trinajstić information content (AvgIpc) is 2.97. The Bertz CT molecular complexity index is 1300. The number of aliphatic hydroxyl groups is 3. The van der Waals surface area contributed by atoms with Crippen molar-refractivity contribution < 1.29 is 39.5 Å². The van der Waals surface area contributed by atoms with Crippen molar-refractivity contribution in [2.75, 3.05) is 6.61 Å². The number of carbonyl (C=O) groups excluding carboxylic acids is 1. The zero-order valence-electron chi connectivity index (χ0n) is 30.0. The van der Waals surface area contributed by atoms with E-state index in [-0.39, 0.29) is 45.0 Å². The normalized spacial score (nSPS) is 50.1. The van der Waals surface area contributed by atoms with Crippen molar-refractivity contribution in [2.45, 2.75) is 156 Å². The van der Waals surface area contributed by atoms with Crippen molar-refractivity contribution in [1.82, 2.24) is 5.32 Å². The molecule has 0 radical (unpaired) electrons. The number of ether oxygens (including phenoxy) is 2. The lowest BCUT2D eigenvalue weighted by Gasteiger charge is -2.71. The molecule has 1 saturated heterocycles. The largest absolute Gasteiger partial charge is 0.481 e. The summed E-state index contributed by atoms with van der Waals surface area (Å²) >= 11 is 0. The van der Waals surface area contributed by atoms with Gasteiger partial charge in [0.1, 0.15) is 24.4 Å². The smallest absolute Gasteiger partial charge is 0.310 e. The van der Waals surface area contributed by atoms with Gasteiger partial charge < -0.3 is 35.2 Å². The van der Waals surface area contributed by atoms with Gasteiger partial charge in [0.15, 0.2) is 6.29 Å². The number of amides is 1. The number of allylic oxidation sites excluding steroid dienone is 2. The van der Waals surface area contributed by atoms with Crippen LogP contribution < -0.4 is 5.32 Å². The Labute approximate surface area is 281 Å². The van der Waals surface area contributed by atoms with E-state index in [1.54, 1.807) is 0 Å². The summed E-state index contributed by atoms with van der Waals surface area (Å²) in [6, 6.07) is -0.958. The van der Waals surface area contributed by atoms with E-state index in [0.717, 1.165) is 64.2 Å². The third-order valence-electron chi connectivity index (χ3n) is 15.6. The maximum atomic E-state index is 13.0. The Balaban J connectivity index is 1.29. The molecule has 0 spiro atoms. The molecule has 0 aromatic carbocycles. The molecule has 0 aromatic heterocycles. The number of aliphatic hydroxyl groups excluding tert-OH is 3. The molecule has 5 aliphatic carbocycles. The summed E-state index contributed by atoms with van der Waals surface area (Å²) in [5, 5.41) is 44.7. The Kier molecular flexibility index (Phi) is 8.65. The van der Waals surface area contributed by atoms with E-state index in [9.17, 15) is 30.0 Å². The van der Waals surface area contributed by atoms with Gasteiger partial charge in [-0.25, -0.2) is 0 Å². The Morgan fingerprint density at radius 1 is 0.936 bits per heavy atom. The van der Waals surface area contributed by atoms with Gasteiger partial charge in [-0.05, 0) is 109 Å². The summed E-state index contributed by atoms with van der Waals surface area (Å²) in [6.45, 7) is 17.6. The molecule has 6 aliphatic rings. The zero-order valence-corrected chi connectivity index (χ0v) is 30.0. The predicted octanol–water partition coefficient (Wildman–Crippen LogP) is 5.20. The SMILES string of the molecule is CC(=O)NC1C(O[C@H]2CC[C@@]3(C)C(CC[C@]4(C)C3CC=C3C5CC(C)(C)CC[C@]5(C(=O)O)CC[C@]34C)C2(C)C)OC(CO)C(O)C1O. The minimum atomic E-state index is -1.35. The molecule has 9 heteroatoms. The average molecular weight is 660 g/mol. The maximum absolute atomic E-state index is 13.0. The van der Waals surface area contributed by atoms with Crippen molar-refractivity contribution in [1.29, 1.82) is 0 Å². The molecule has 47 heavy (non-hydrogen) atoms. The second-order valence-electron chi connectivity index (χ2n) is 18.6. The fourth-order valence-corrected chi connectivity index (χ4v) is 12.6. The number of aliphatic carboxylic acids is 1. The molecule has 1 amide bonds. The second-order valence-corrected chi connectivity index (χ2v) is 18.6.